The summed E-state index contributed by atoms with van der Waals surface area (Å²) in [6.45, 7) is 0. The van der Waals surface area contributed by atoms with Crippen molar-refractivity contribution in [1.29, 1.82) is 0 Å². The zero-order valence-electron chi connectivity index (χ0n) is 12.8. The monoisotopic (exact) mass is 360 g/mol. The highest BCUT2D eigenvalue weighted by Gasteiger charge is 2.19. The molecule has 0 aliphatic heterocycles. The van der Waals surface area contributed by atoms with Gasteiger partial charge in [-0.1, -0.05) is 6.07 Å². The number of aromatic carboxylic acids is 1. The minimum atomic E-state index is -4.06. The zero-order valence-corrected chi connectivity index (χ0v) is 13.6. The number of benzene rings is 2. The fourth-order valence-corrected chi connectivity index (χ4v) is 3.36. The first-order valence-electron chi connectivity index (χ1n) is 7.16. The summed E-state index contributed by atoms with van der Waals surface area (Å²) < 4.78 is 42.5. The molecule has 0 atom stereocenters. The van der Waals surface area contributed by atoms with E-state index in [0.717, 1.165) is 23.9 Å². The van der Waals surface area contributed by atoms with Crippen molar-refractivity contribution >= 4 is 21.7 Å². The van der Waals surface area contributed by atoms with Crippen molar-refractivity contribution in [3.63, 3.8) is 0 Å². The SMILES string of the molecule is O=C(O)c1cc(S(=O)(=O)Nc2cccc(-n3cccc3)c2)ccc1F. The summed E-state index contributed by atoms with van der Waals surface area (Å²) in [6, 6.07) is 13.0. The highest BCUT2D eigenvalue weighted by atomic mass is 32.2. The topological polar surface area (TPSA) is 88.4 Å². The van der Waals surface area contributed by atoms with Crippen LogP contribution in [0.4, 0.5) is 10.1 Å². The van der Waals surface area contributed by atoms with Crippen molar-refractivity contribution in [3.8, 4) is 5.69 Å². The summed E-state index contributed by atoms with van der Waals surface area (Å²) >= 11 is 0. The van der Waals surface area contributed by atoms with Gasteiger partial charge in [-0.2, -0.15) is 0 Å². The molecular formula is C17H13FN2O4S. The van der Waals surface area contributed by atoms with Gasteiger partial charge < -0.3 is 9.67 Å². The largest absolute Gasteiger partial charge is 0.478 e. The molecule has 0 bridgehead atoms. The highest BCUT2D eigenvalue weighted by Crippen LogP contribution is 2.21. The van der Waals surface area contributed by atoms with Gasteiger partial charge in [-0.25, -0.2) is 17.6 Å². The van der Waals surface area contributed by atoms with Crippen LogP contribution in [0.5, 0.6) is 0 Å². The molecule has 0 unspecified atom stereocenters. The maximum Gasteiger partial charge on any atom is 0.338 e. The van der Waals surface area contributed by atoms with E-state index in [0.29, 0.717) is 5.69 Å². The second-order valence-corrected chi connectivity index (χ2v) is 6.88. The molecule has 0 aliphatic rings. The van der Waals surface area contributed by atoms with Crippen LogP contribution in [0, 0.1) is 5.82 Å². The number of halogens is 1. The van der Waals surface area contributed by atoms with Crippen LogP contribution >= 0.6 is 0 Å². The number of hydrogen-bond donors (Lipinski definition) is 2. The van der Waals surface area contributed by atoms with Crippen LogP contribution in [-0.4, -0.2) is 24.1 Å². The van der Waals surface area contributed by atoms with Gasteiger partial charge in [-0.15, -0.1) is 0 Å². The van der Waals surface area contributed by atoms with E-state index in [1.54, 1.807) is 28.8 Å². The van der Waals surface area contributed by atoms with Crippen molar-refractivity contribution in [3.05, 3.63) is 78.4 Å². The van der Waals surface area contributed by atoms with Crippen molar-refractivity contribution in [2.45, 2.75) is 4.90 Å². The fourth-order valence-electron chi connectivity index (χ4n) is 2.29. The number of sulfonamides is 1. The summed E-state index contributed by atoms with van der Waals surface area (Å²) in [5.74, 6) is -2.54. The molecule has 0 spiro atoms. The van der Waals surface area contributed by atoms with Crippen LogP contribution in [0.15, 0.2) is 71.9 Å². The van der Waals surface area contributed by atoms with Crippen LogP contribution in [0.3, 0.4) is 0 Å². The number of carbonyl (C=O) groups is 1. The first kappa shape index (κ1) is 16.7. The molecule has 0 amide bonds. The van der Waals surface area contributed by atoms with E-state index >= 15 is 0 Å². The Kier molecular flexibility index (Phi) is 4.28. The predicted octanol–water partition coefficient (Wildman–Crippen LogP) is 3.12. The smallest absolute Gasteiger partial charge is 0.338 e. The van der Waals surface area contributed by atoms with Gasteiger partial charge in [-0.3, -0.25) is 4.72 Å². The molecule has 2 aromatic carbocycles. The molecule has 128 valence electrons. The third-order valence-electron chi connectivity index (χ3n) is 3.48. The Labute approximate surface area is 143 Å². The molecule has 3 aromatic rings. The molecule has 0 saturated carbocycles. The minimum absolute atomic E-state index is 0.299. The summed E-state index contributed by atoms with van der Waals surface area (Å²) in [5, 5.41) is 8.93. The Morgan fingerprint density at radius 2 is 1.76 bits per heavy atom. The number of carboxylic acid groups (broad SMARTS) is 1. The molecule has 1 heterocycles. The standard InChI is InChI=1S/C17H13FN2O4S/c18-16-7-6-14(11-15(16)17(21)22)25(23,24)19-12-4-3-5-13(10-12)20-8-1-2-9-20/h1-11,19H,(H,21,22). The van der Waals surface area contributed by atoms with Crippen molar-refractivity contribution in [2.24, 2.45) is 0 Å². The van der Waals surface area contributed by atoms with Gasteiger partial charge in [0.05, 0.1) is 16.1 Å². The lowest BCUT2D eigenvalue weighted by Gasteiger charge is -2.11. The third kappa shape index (κ3) is 3.53. The Hall–Kier alpha value is -3.13. The van der Waals surface area contributed by atoms with Gasteiger partial charge in [0, 0.05) is 18.1 Å². The summed E-state index contributed by atoms with van der Waals surface area (Å²) in [5.41, 5.74) is 0.340. The van der Waals surface area contributed by atoms with Gasteiger partial charge in [0.2, 0.25) is 0 Å². The van der Waals surface area contributed by atoms with Crippen LogP contribution in [0.2, 0.25) is 0 Å². The summed E-state index contributed by atoms with van der Waals surface area (Å²) in [7, 11) is -4.06. The lowest BCUT2D eigenvalue weighted by molar-refractivity contribution is 0.0691. The third-order valence-corrected chi connectivity index (χ3v) is 4.86. The van der Waals surface area contributed by atoms with Crippen LogP contribution in [-0.2, 0) is 10.0 Å². The van der Waals surface area contributed by atoms with E-state index < -0.39 is 27.4 Å². The second kappa shape index (κ2) is 6.40. The quantitative estimate of drug-likeness (QED) is 0.732. The Morgan fingerprint density at radius 3 is 2.44 bits per heavy atom. The van der Waals surface area contributed by atoms with Crippen molar-refractivity contribution in [1.82, 2.24) is 4.57 Å². The fraction of sp³-hybridized carbons (Fsp3) is 0. The average molecular weight is 360 g/mol. The van der Waals surface area contributed by atoms with E-state index in [1.807, 2.05) is 24.5 Å². The lowest BCUT2D eigenvalue weighted by atomic mass is 10.2. The number of aromatic nitrogens is 1. The van der Waals surface area contributed by atoms with Crippen LogP contribution in [0.1, 0.15) is 10.4 Å². The van der Waals surface area contributed by atoms with Gasteiger partial charge in [0.25, 0.3) is 10.0 Å². The summed E-state index contributed by atoms with van der Waals surface area (Å²) in [6.07, 6.45) is 3.62. The maximum atomic E-state index is 13.4. The molecule has 0 aliphatic carbocycles. The van der Waals surface area contributed by atoms with E-state index in [2.05, 4.69) is 4.72 Å². The number of nitrogens with one attached hydrogen (secondary N) is 1. The molecule has 25 heavy (non-hydrogen) atoms. The van der Waals surface area contributed by atoms with Gasteiger partial charge in [-0.05, 0) is 48.5 Å². The minimum Gasteiger partial charge on any atom is -0.478 e. The Morgan fingerprint density at radius 1 is 1.04 bits per heavy atom. The Balaban J connectivity index is 1.93. The average Bonchev–Trinajstić information content (AvgIpc) is 3.09. The molecule has 2 N–H and O–H groups in total. The Bertz CT molecular complexity index is 1030. The molecule has 0 fully saturated rings. The predicted molar refractivity (Wildman–Crippen MR) is 89.9 cm³/mol. The number of anilines is 1. The van der Waals surface area contributed by atoms with Crippen molar-refractivity contribution in [2.75, 3.05) is 4.72 Å². The van der Waals surface area contributed by atoms with Crippen molar-refractivity contribution < 1.29 is 22.7 Å². The molecule has 6 nitrogen and oxygen atoms in total. The first-order valence-corrected chi connectivity index (χ1v) is 8.64. The van der Waals surface area contributed by atoms with Crippen LogP contribution < -0.4 is 4.72 Å². The summed E-state index contributed by atoms with van der Waals surface area (Å²) in [4.78, 5) is 10.6. The normalized spacial score (nSPS) is 11.2. The van der Waals surface area contributed by atoms with E-state index in [9.17, 15) is 17.6 Å². The van der Waals surface area contributed by atoms with E-state index in [1.165, 1.54) is 0 Å². The number of rotatable bonds is 5. The number of hydrogen-bond acceptors (Lipinski definition) is 3. The van der Waals surface area contributed by atoms with Gasteiger partial charge in [0.15, 0.2) is 0 Å². The molecule has 0 saturated heterocycles. The van der Waals surface area contributed by atoms with Gasteiger partial charge >= 0.3 is 5.97 Å². The molecular weight excluding hydrogens is 347 g/mol. The number of carboxylic acids is 1. The molecule has 0 radical (unpaired) electrons. The lowest BCUT2D eigenvalue weighted by Crippen LogP contribution is -2.14. The highest BCUT2D eigenvalue weighted by molar-refractivity contribution is 7.92. The maximum absolute atomic E-state index is 13.4. The first-order chi connectivity index (χ1) is 11.9. The van der Waals surface area contributed by atoms with E-state index in [4.69, 9.17) is 5.11 Å². The zero-order chi connectivity index (χ0) is 18.0. The van der Waals surface area contributed by atoms with Crippen LogP contribution in [0.25, 0.3) is 5.69 Å². The molecule has 8 heteroatoms. The van der Waals surface area contributed by atoms with E-state index in [-0.39, 0.29) is 4.90 Å². The molecule has 1 aromatic heterocycles. The number of nitrogens with zero attached hydrogens (tertiary/aromatic N) is 1. The van der Waals surface area contributed by atoms with Gasteiger partial charge in [0.1, 0.15) is 5.82 Å². The molecule has 3 rings (SSSR count). The second-order valence-electron chi connectivity index (χ2n) is 5.19.